The van der Waals surface area contributed by atoms with Crippen LogP contribution in [0.4, 0.5) is 11.9 Å². The maximum Gasteiger partial charge on any atom is 0.274 e. The van der Waals surface area contributed by atoms with Crippen molar-refractivity contribution >= 4 is 47.1 Å². The van der Waals surface area contributed by atoms with Crippen LogP contribution in [0.3, 0.4) is 0 Å². The zero-order chi connectivity index (χ0) is 24.6. The van der Waals surface area contributed by atoms with E-state index in [2.05, 4.69) is 20.7 Å². The summed E-state index contributed by atoms with van der Waals surface area (Å²) in [6, 6.07) is 22.4. The quantitative estimate of drug-likeness (QED) is 0.263. The van der Waals surface area contributed by atoms with Crippen molar-refractivity contribution in [2.24, 2.45) is 0 Å². The molecule has 0 aliphatic heterocycles. The van der Waals surface area contributed by atoms with Crippen LogP contribution in [-0.4, -0.2) is 27.8 Å². The Balaban J connectivity index is 1.57. The number of hydrogen-bond acceptors (Lipinski definition) is 6. The van der Waals surface area contributed by atoms with Gasteiger partial charge in [-0.15, -0.1) is 5.10 Å². The first-order chi connectivity index (χ1) is 17.0. The van der Waals surface area contributed by atoms with E-state index < -0.39 is 0 Å². The Hall–Kier alpha value is -3.81. The molecule has 0 unspecified atom stereocenters. The summed E-state index contributed by atoms with van der Waals surface area (Å²) >= 11 is 12.5. The maximum atomic E-state index is 13.1. The van der Waals surface area contributed by atoms with E-state index in [0.29, 0.717) is 28.9 Å². The number of aromatic nitrogens is 3. The van der Waals surface area contributed by atoms with Crippen molar-refractivity contribution in [3.8, 4) is 5.75 Å². The second kappa shape index (κ2) is 11.6. The number of hydrogen-bond donors (Lipinski definition) is 2. The van der Waals surface area contributed by atoms with Gasteiger partial charge in [0.05, 0.1) is 7.11 Å². The fourth-order valence-corrected chi connectivity index (χ4v) is 3.73. The number of carbonyl (C=O) groups is 1. The lowest BCUT2D eigenvalue weighted by atomic mass is 10.2. The number of nitrogens with zero attached hydrogens (tertiary/aromatic N) is 3. The number of anilines is 2. The van der Waals surface area contributed by atoms with Crippen LogP contribution >= 0.6 is 23.2 Å². The van der Waals surface area contributed by atoms with E-state index in [0.717, 1.165) is 16.7 Å². The predicted octanol–water partition coefficient (Wildman–Crippen LogP) is 6.17. The molecule has 0 atom stereocenters. The lowest BCUT2D eigenvalue weighted by Crippen LogP contribution is -2.15. The second-order valence-electron chi connectivity index (χ2n) is 7.47. The van der Waals surface area contributed by atoms with Gasteiger partial charge in [-0.3, -0.25) is 4.79 Å². The summed E-state index contributed by atoms with van der Waals surface area (Å²) in [6.07, 6.45) is 3.10. The van der Waals surface area contributed by atoms with E-state index in [-0.39, 0.29) is 17.8 Å². The van der Waals surface area contributed by atoms with E-state index >= 15 is 0 Å². The minimum absolute atomic E-state index is 0.279. The number of halogens is 2. The van der Waals surface area contributed by atoms with Crippen LogP contribution < -0.4 is 15.4 Å². The summed E-state index contributed by atoms with van der Waals surface area (Å²) < 4.78 is 6.56. The highest BCUT2D eigenvalue weighted by Crippen LogP contribution is 2.21. The van der Waals surface area contributed by atoms with Crippen LogP contribution in [0.15, 0.2) is 78.9 Å². The van der Waals surface area contributed by atoms with Crippen LogP contribution in [0, 0.1) is 0 Å². The van der Waals surface area contributed by atoms with E-state index in [1.807, 2.05) is 66.7 Å². The molecular formula is C26H23Cl2N5O2. The van der Waals surface area contributed by atoms with Crippen molar-refractivity contribution in [1.82, 2.24) is 14.8 Å². The molecule has 3 aromatic carbocycles. The Morgan fingerprint density at radius 1 is 0.914 bits per heavy atom. The number of allylic oxidation sites excluding steroid dienone is 1. The van der Waals surface area contributed by atoms with Gasteiger partial charge < -0.3 is 15.4 Å². The Kier molecular flexibility index (Phi) is 8.03. The molecule has 2 N–H and O–H groups in total. The van der Waals surface area contributed by atoms with Gasteiger partial charge in [-0.2, -0.15) is 9.67 Å². The van der Waals surface area contributed by atoms with Gasteiger partial charge in [0, 0.05) is 34.8 Å². The van der Waals surface area contributed by atoms with Crippen molar-refractivity contribution in [3.63, 3.8) is 0 Å². The number of rotatable bonds is 9. The molecule has 4 rings (SSSR count). The molecule has 0 saturated carbocycles. The third-order valence-corrected chi connectivity index (χ3v) is 5.89. The smallest absolute Gasteiger partial charge is 0.274 e. The largest absolute Gasteiger partial charge is 0.496 e. The number of para-hydroxylation sites is 1. The van der Waals surface area contributed by atoms with Gasteiger partial charge in [0.2, 0.25) is 11.9 Å². The number of nitrogens with one attached hydrogen (secondary N) is 2. The number of carbonyl (C=O) groups excluding carboxylic acids is 1. The average molecular weight is 508 g/mol. The molecular weight excluding hydrogens is 485 g/mol. The first kappa shape index (κ1) is 24.3. The molecule has 7 nitrogen and oxygen atoms in total. The SMILES string of the molecule is COc1ccccc1C=CC(=O)n1nc(NCc2ccccc2Cl)nc1NCc1ccccc1Cl. The molecule has 1 heterocycles. The van der Waals surface area contributed by atoms with Crippen molar-refractivity contribution < 1.29 is 9.53 Å². The highest BCUT2D eigenvalue weighted by atomic mass is 35.5. The molecule has 4 aromatic rings. The van der Waals surface area contributed by atoms with Crippen LogP contribution in [0.25, 0.3) is 6.08 Å². The van der Waals surface area contributed by atoms with Gasteiger partial charge in [-0.25, -0.2) is 0 Å². The number of benzene rings is 3. The Morgan fingerprint density at radius 3 is 2.17 bits per heavy atom. The summed E-state index contributed by atoms with van der Waals surface area (Å²) in [6.45, 7) is 0.769. The van der Waals surface area contributed by atoms with Gasteiger partial charge in [0.25, 0.3) is 5.91 Å². The summed E-state index contributed by atoms with van der Waals surface area (Å²) in [7, 11) is 1.58. The number of methoxy groups -OCH3 is 1. The lowest BCUT2D eigenvalue weighted by molar-refractivity contribution is 0.0957. The van der Waals surface area contributed by atoms with Crippen LogP contribution in [0.5, 0.6) is 5.75 Å². The highest BCUT2D eigenvalue weighted by Gasteiger charge is 2.15. The first-order valence-corrected chi connectivity index (χ1v) is 11.6. The zero-order valence-electron chi connectivity index (χ0n) is 18.9. The average Bonchev–Trinajstić information content (AvgIpc) is 3.29. The Labute approximate surface area is 213 Å². The van der Waals surface area contributed by atoms with Gasteiger partial charge in [0.1, 0.15) is 5.75 Å². The summed E-state index contributed by atoms with van der Waals surface area (Å²) in [5, 5.41) is 11.9. The second-order valence-corrected chi connectivity index (χ2v) is 8.29. The van der Waals surface area contributed by atoms with Gasteiger partial charge in [0.15, 0.2) is 0 Å². The molecule has 0 bridgehead atoms. The molecule has 35 heavy (non-hydrogen) atoms. The third kappa shape index (κ3) is 6.20. The van der Waals surface area contributed by atoms with E-state index in [9.17, 15) is 4.79 Å². The topological polar surface area (TPSA) is 81.1 Å². The van der Waals surface area contributed by atoms with Crippen LogP contribution in [0.1, 0.15) is 21.5 Å². The van der Waals surface area contributed by atoms with Gasteiger partial charge in [-0.05, 0) is 35.4 Å². The van der Waals surface area contributed by atoms with Crippen LogP contribution in [-0.2, 0) is 13.1 Å². The highest BCUT2D eigenvalue weighted by molar-refractivity contribution is 6.31. The minimum atomic E-state index is -0.379. The Bertz CT molecular complexity index is 1350. The summed E-state index contributed by atoms with van der Waals surface area (Å²) in [5.74, 6) is 0.844. The number of ether oxygens (including phenoxy) is 1. The standard InChI is InChI=1S/C26H23Cl2N5O2/c1-35-23-13-7-4-8-18(23)14-15-24(34)33-26(30-17-20-10-3-6-12-22(20)28)31-25(32-33)29-16-19-9-2-5-11-21(19)27/h2-15H,16-17H2,1H3,(H2,29,30,31,32). The predicted molar refractivity (Wildman–Crippen MR) is 140 cm³/mol. The molecule has 1 aromatic heterocycles. The van der Waals surface area contributed by atoms with Gasteiger partial charge >= 0.3 is 0 Å². The summed E-state index contributed by atoms with van der Waals surface area (Å²) in [5.41, 5.74) is 2.52. The van der Waals surface area contributed by atoms with Gasteiger partial charge in [-0.1, -0.05) is 77.8 Å². The zero-order valence-corrected chi connectivity index (χ0v) is 20.4. The van der Waals surface area contributed by atoms with E-state index in [4.69, 9.17) is 27.9 Å². The molecule has 0 spiro atoms. The maximum absolute atomic E-state index is 13.1. The molecule has 0 aliphatic carbocycles. The van der Waals surface area contributed by atoms with Crippen molar-refractivity contribution in [1.29, 1.82) is 0 Å². The summed E-state index contributed by atoms with van der Waals surface area (Å²) in [4.78, 5) is 17.5. The molecule has 0 saturated heterocycles. The molecule has 0 aliphatic rings. The fourth-order valence-electron chi connectivity index (χ4n) is 3.32. The fraction of sp³-hybridized carbons (Fsp3) is 0.115. The molecule has 0 radical (unpaired) electrons. The molecule has 9 heteroatoms. The van der Waals surface area contributed by atoms with Crippen LogP contribution in [0.2, 0.25) is 10.0 Å². The minimum Gasteiger partial charge on any atom is -0.496 e. The lowest BCUT2D eigenvalue weighted by Gasteiger charge is -2.07. The first-order valence-electron chi connectivity index (χ1n) is 10.8. The van der Waals surface area contributed by atoms with E-state index in [1.54, 1.807) is 19.3 Å². The van der Waals surface area contributed by atoms with Crippen molar-refractivity contribution in [2.75, 3.05) is 17.7 Å². The Morgan fingerprint density at radius 2 is 1.51 bits per heavy atom. The molecule has 178 valence electrons. The normalized spacial score (nSPS) is 10.9. The van der Waals surface area contributed by atoms with Crippen molar-refractivity contribution in [2.45, 2.75) is 13.1 Å². The molecule has 0 amide bonds. The third-order valence-electron chi connectivity index (χ3n) is 5.15. The van der Waals surface area contributed by atoms with Crippen molar-refractivity contribution in [3.05, 3.63) is 106 Å². The monoisotopic (exact) mass is 507 g/mol. The molecule has 0 fully saturated rings. The van der Waals surface area contributed by atoms with E-state index in [1.165, 1.54) is 10.8 Å².